The Labute approximate surface area is 176 Å². The second-order valence-corrected chi connectivity index (χ2v) is 9.44. The van der Waals surface area contributed by atoms with E-state index in [0.29, 0.717) is 27.5 Å². The van der Waals surface area contributed by atoms with Gasteiger partial charge in [-0.3, -0.25) is 4.79 Å². The molecular formula is C21H18Cl2N2O2S. The minimum absolute atomic E-state index is 0.0328. The number of carbonyl (C=O) groups is 1. The van der Waals surface area contributed by atoms with Crippen LogP contribution in [0.1, 0.15) is 46.1 Å². The smallest absolute Gasteiger partial charge is 0.256 e. The van der Waals surface area contributed by atoms with Crippen molar-refractivity contribution in [3.8, 4) is 11.3 Å². The van der Waals surface area contributed by atoms with Crippen molar-refractivity contribution in [1.29, 1.82) is 0 Å². The average molecular weight is 433 g/mol. The number of furan rings is 1. The number of hydrogen-bond acceptors (Lipinski definition) is 4. The van der Waals surface area contributed by atoms with E-state index in [1.807, 2.05) is 12.1 Å². The monoisotopic (exact) mass is 432 g/mol. The normalized spacial score (nSPS) is 20.9. The second kappa shape index (κ2) is 6.83. The lowest BCUT2D eigenvalue weighted by Crippen LogP contribution is -2.38. The second-order valence-electron chi connectivity index (χ2n) is 7.47. The van der Waals surface area contributed by atoms with Crippen LogP contribution < -0.4 is 10.6 Å². The largest absolute Gasteiger partial charge is 0.457 e. The van der Waals surface area contributed by atoms with E-state index in [1.54, 1.807) is 29.5 Å². The first-order valence-corrected chi connectivity index (χ1v) is 10.8. The van der Waals surface area contributed by atoms with Crippen LogP contribution in [0.5, 0.6) is 0 Å². The van der Waals surface area contributed by atoms with Gasteiger partial charge in [0.25, 0.3) is 5.91 Å². The molecule has 7 heteroatoms. The first kappa shape index (κ1) is 18.1. The van der Waals surface area contributed by atoms with Crippen LogP contribution in [0.25, 0.3) is 11.3 Å². The van der Waals surface area contributed by atoms with E-state index in [-0.39, 0.29) is 5.91 Å². The average Bonchev–Trinajstić information content (AvgIpc) is 3.25. The molecule has 1 aliphatic carbocycles. The molecule has 2 atom stereocenters. The molecule has 3 aromatic rings. The van der Waals surface area contributed by atoms with Crippen LogP contribution in [-0.2, 0) is 12.8 Å². The fraction of sp³-hybridized carbons (Fsp3) is 0.286. The fourth-order valence-corrected chi connectivity index (χ4v) is 5.93. The Hall–Kier alpha value is -1.95. The predicted octanol–water partition coefficient (Wildman–Crippen LogP) is 6.29. The molecule has 0 fully saturated rings. The quantitative estimate of drug-likeness (QED) is 0.499. The summed E-state index contributed by atoms with van der Waals surface area (Å²) in [5, 5.41) is 8.52. The minimum Gasteiger partial charge on any atom is -0.457 e. The van der Waals surface area contributed by atoms with Crippen molar-refractivity contribution in [2.75, 3.05) is 5.32 Å². The number of anilines is 1. The maximum atomic E-state index is 12.8. The van der Waals surface area contributed by atoms with Gasteiger partial charge in [0.2, 0.25) is 0 Å². The van der Waals surface area contributed by atoms with E-state index in [9.17, 15) is 4.79 Å². The zero-order valence-electron chi connectivity index (χ0n) is 15.1. The van der Waals surface area contributed by atoms with Gasteiger partial charge < -0.3 is 15.1 Å². The van der Waals surface area contributed by atoms with Crippen LogP contribution in [0.15, 0.2) is 34.7 Å². The number of amides is 1. The van der Waals surface area contributed by atoms with Crippen molar-refractivity contribution in [1.82, 2.24) is 5.32 Å². The number of halogens is 2. The number of hydrogen-bond donors (Lipinski definition) is 2. The van der Waals surface area contributed by atoms with Crippen molar-refractivity contribution in [2.45, 2.75) is 32.4 Å². The molecule has 3 heterocycles. The number of thiophene rings is 1. The van der Waals surface area contributed by atoms with Gasteiger partial charge >= 0.3 is 0 Å². The van der Waals surface area contributed by atoms with E-state index in [2.05, 4.69) is 17.6 Å². The zero-order valence-corrected chi connectivity index (χ0v) is 17.5. The highest BCUT2D eigenvalue weighted by Crippen LogP contribution is 2.43. The molecule has 2 aliphatic rings. The molecule has 0 unspecified atom stereocenters. The maximum Gasteiger partial charge on any atom is 0.256 e. The molecule has 2 N–H and O–H groups in total. The summed E-state index contributed by atoms with van der Waals surface area (Å²) in [6, 6.07) is 9.01. The molecule has 5 rings (SSSR count). The molecule has 28 heavy (non-hydrogen) atoms. The summed E-state index contributed by atoms with van der Waals surface area (Å²) in [4.78, 5) is 14.2. The first-order valence-electron chi connectivity index (χ1n) is 9.26. The molecule has 1 amide bonds. The van der Waals surface area contributed by atoms with Gasteiger partial charge in [0.05, 0.1) is 5.56 Å². The van der Waals surface area contributed by atoms with Crippen molar-refractivity contribution in [3.05, 3.63) is 62.1 Å². The SMILES string of the molecule is C[C@H]1CCc2c(sc3c2C(=O)N[C@@H](c2ccc(-c4cc(Cl)cc(Cl)c4)o2)N3)C1. The molecule has 1 aromatic carbocycles. The van der Waals surface area contributed by atoms with Crippen LogP contribution in [0, 0.1) is 5.92 Å². The molecule has 0 spiro atoms. The highest BCUT2D eigenvalue weighted by atomic mass is 35.5. The van der Waals surface area contributed by atoms with E-state index in [1.165, 1.54) is 10.4 Å². The lowest BCUT2D eigenvalue weighted by Gasteiger charge is -2.25. The van der Waals surface area contributed by atoms with Gasteiger partial charge in [0.1, 0.15) is 16.5 Å². The van der Waals surface area contributed by atoms with Crippen molar-refractivity contribution < 1.29 is 9.21 Å². The number of rotatable bonds is 2. The van der Waals surface area contributed by atoms with Crippen LogP contribution >= 0.6 is 34.5 Å². The summed E-state index contributed by atoms with van der Waals surface area (Å²) < 4.78 is 6.01. The molecule has 1 aliphatic heterocycles. The van der Waals surface area contributed by atoms with Gasteiger partial charge in [-0.05, 0) is 61.1 Å². The molecular weight excluding hydrogens is 415 g/mol. The zero-order chi connectivity index (χ0) is 19.4. The van der Waals surface area contributed by atoms with Crippen molar-refractivity contribution in [2.24, 2.45) is 5.92 Å². The molecule has 4 nitrogen and oxygen atoms in total. The van der Waals surface area contributed by atoms with E-state index in [0.717, 1.165) is 35.4 Å². The third kappa shape index (κ3) is 3.11. The van der Waals surface area contributed by atoms with Crippen LogP contribution in [0.3, 0.4) is 0 Å². The topological polar surface area (TPSA) is 54.3 Å². The van der Waals surface area contributed by atoms with Gasteiger partial charge in [-0.1, -0.05) is 30.1 Å². The Morgan fingerprint density at radius 1 is 1.14 bits per heavy atom. The van der Waals surface area contributed by atoms with Gasteiger partial charge in [-0.15, -0.1) is 11.3 Å². The molecule has 0 radical (unpaired) electrons. The van der Waals surface area contributed by atoms with E-state index >= 15 is 0 Å². The van der Waals surface area contributed by atoms with Crippen molar-refractivity contribution in [3.63, 3.8) is 0 Å². The summed E-state index contributed by atoms with van der Waals surface area (Å²) in [5.74, 6) is 1.93. The Bertz CT molecular complexity index is 1070. The number of fused-ring (bicyclic) bond motifs is 3. The predicted molar refractivity (Wildman–Crippen MR) is 114 cm³/mol. The van der Waals surface area contributed by atoms with Gasteiger partial charge in [-0.25, -0.2) is 0 Å². The first-order chi connectivity index (χ1) is 13.5. The Morgan fingerprint density at radius 2 is 1.93 bits per heavy atom. The molecule has 0 bridgehead atoms. The fourth-order valence-electron chi connectivity index (χ4n) is 3.96. The number of carbonyl (C=O) groups excluding carboxylic acids is 1. The van der Waals surface area contributed by atoms with Crippen LogP contribution in [-0.4, -0.2) is 5.91 Å². The van der Waals surface area contributed by atoms with Gasteiger partial charge in [-0.2, -0.15) is 0 Å². The third-order valence-electron chi connectivity index (χ3n) is 5.35. The summed E-state index contributed by atoms with van der Waals surface area (Å²) in [7, 11) is 0. The number of nitrogens with one attached hydrogen (secondary N) is 2. The molecule has 144 valence electrons. The highest BCUT2D eigenvalue weighted by Gasteiger charge is 2.34. The lowest BCUT2D eigenvalue weighted by molar-refractivity contribution is 0.0930. The maximum absolute atomic E-state index is 12.8. The molecule has 2 aromatic heterocycles. The lowest BCUT2D eigenvalue weighted by atomic mass is 9.88. The Kier molecular flexibility index (Phi) is 4.42. The third-order valence-corrected chi connectivity index (χ3v) is 6.97. The van der Waals surface area contributed by atoms with Crippen LogP contribution in [0.2, 0.25) is 10.0 Å². The van der Waals surface area contributed by atoms with E-state index in [4.69, 9.17) is 27.6 Å². The molecule has 0 saturated heterocycles. The summed E-state index contributed by atoms with van der Waals surface area (Å²) in [6.45, 7) is 2.27. The van der Waals surface area contributed by atoms with Gasteiger partial charge in [0, 0.05) is 20.5 Å². The summed E-state index contributed by atoms with van der Waals surface area (Å²) in [6.07, 6.45) is 2.76. The highest BCUT2D eigenvalue weighted by molar-refractivity contribution is 7.16. The number of benzene rings is 1. The molecule has 0 saturated carbocycles. The van der Waals surface area contributed by atoms with Crippen LogP contribution in [0.4, 0.5) is 5.00 Å². The standard InChI is InChI=1S/C21H18Cl2N2O2S/c1-10-2-3-14-17(6-10)28-21-18(14)20(26)24-19(25-21)16-5-4-15(27-16)11-7-12(22)9-13(23)8-11/h4-5,7-10,19,25H,2-3,6H2,1H3,(H,24,26)/t10-,19+/m0/s1. The van der Waals surface area contributed by atoms with Crippen molar-refractivity contribution >= 4 is 45.4 Å². The Morgan fingerprint density at radius 3 is 2.71 bits per heavy atom. The summed E-state index contributed by atoms with van der Waals surface area (Å²) >= 11 is 13.9. The summed E-state index contributed by atoms with van der Waals surface area (Å²) in [5.41, 5.74) is 2.83. The Balaban J connectivity index is 1.45. The van der Waals surface area contributed by atoms with Gasteiger partial charge in [0.15, 0.2) is 6.17 Å². The minimum atomic E-state index is -0.402. The van der Waals surface area contributed by atoms with E-state index < -0.39 is 6.17 Å².